The first-order chi connectivity index (χ1) is 19.1. The van der Waals surface area contributed by atoms with Gasteiger partial charge in [-0.3, -0.25) is 4.79 Å². The van der Waals surface area contributed by atoms with E-state index in [9.17, 15) is 14.4 Å². The molecule has 0 spiro atoms. The molecule has 3 amide bonds. The summed E-state index contributed by atoms with van der Waals surface area (Å²) in [4.78, 5) is 41.9. The first-order valence-electron chi connectivity index (χ1n) is 13.3. The Balaban J connectivity index is 1.81. The summed E-state index contributed by atoms with van der Waals surface area (Å²) in [7, 11) is 0. The number of aromatic nitrogens is 1. The first-order valence-corrected chi connectivity index (χ1v) is 14.1. The van der Waals surface area contributed by atoms with E-state index in [2.05, 4.69) is 20.9 Å². The predicted molar refractivity (Wildman–Crippen MR) is 162 cm³/mol. The first kappa shape index (κ1) is 31.4. The van der Waals surface area contributed by atoms with Crippen molar-refractivity contribution in [1.82, 2.24) is 10.3 Å². The zero-order valence-corrected chi connectivity index (χ0v) is 25.4. The number of anilines is 2. The Morgan fingerprint density at radius 3 is 2.07 bits per heavy atom. The number of ether oxygens (including phenoxy) is 2. The summed E-state index contributed by atoms with van der Waals surface area (Å²) in [5, 5.41) is 9.14. The number of hydrogen-bond acceptors (Lipinski definition) is 8. The van der Waals surface area contributed by atoms with E-state index in [1.807, 2.05) is 75.4 Å². The van der Waals surface area contributed by atoms with Gasteiger partial charge in [-0.25, -0.2) is 14.6 Å². The summed E-state index contributed by atoms with van der Waals surface area (Å²) in [6.45, 7) is 12.2. The smallest absolute Gasteiger partial charge is 0.387 e. The number of alkyl carbamates (subject to hydrolysis) is 1. The highest BCUT2D eigenvalue weighted by Gasteiger charge is 2.50. The molecular formula is C30H39N5O5S. The van der Waals surface area contributed by atoms with Crippen LogP contribution in [0.1, 0.15) is 59.7 Å². The molecule has 2 aromatic carbocycles. The number of rotatable bonds is 9. The topological polar surface area (TPSA) is 145 Å². The number of nitrogens with zero attached hydrogens (tertiary/aromatic N) is 1. The third-order valence-electron chi connectivity index (χ3n) is 5.87. The Morgan fingerprint density at radius 1 is 0.902 bits per heavy atom. The molecular weight excluding hydrogens is 542 g/mol. The number of thiazole rings is 1. The van der Waals surface area contributed by atoms with E-state index in [1.165, 1.54) is 18.3 Å². The number of carbonyl (C=O) groups excluding carboxylic acids is 3. The molecule has 0 bridgehead atoms. The van der Waals surface area contributed by atoms with E-state index in [4.69, 9.17) is 15.2 Å². The van der Waals surface area contributed by atoms with Gasteiger partial charge >= 0.3 is 18.1 Å². The normalized spacial score (nSPS) is 13.0. The predicted octanol–water partition coefficient (Wildman–Crippen LogP) is 6.29. The van der Waals surface area contributed by atoms with E-state index in [1.54, 1.807) is 20.8 Å². The zero-order valence-electron chi connectivity index (χ0n) is 24.6. The summed E-state index contributed by atoms with van der Waals surface area (Å²) in [5.74, 6) is -2.06. The van der Waals surface area contributed by atoms with Crippen LogP contribution in [-0.4, -0.2) is 34.5 Å². The standard InChI is InChI=1S/C30H39N5O5S/c1-19(36)32-26-33-23(24(41-26)21-11-9-8-10-12-21)18-15-20-13-16-22(17-14-20)34-30(28(2,3)4,39-25(31)37)40-27(38)35-29(5,6)7/h8-14,16-17,34H,15,18H2,1-7H3,(H2,31,37)(H,35,38)(H,32,33,36). The number of nitrogens with two attached hydrogens (primary N) is 1. The van der Waals surface area contributed by atoms with Gasteiger partial charge in [0.15, 0.2) is 5.13 Å². The largest absolute Gasteiger partial charge is 0.412 e. The molecule has 41 heavy (non-hydrogen) atoms. The second-order valence-corrected chi connectivity index (χ2v) is 12.7. The van der Waals surface area contributed by atoms with Crippen molar-refractivity contribution in [2.75, 3.05) is 10.6 Å². The van der Waals surface area contributed by atoms with Crippen LogP contribution in [0, 0.1) is 5.41 Å². The van der Waals surface area contributed by atoms with Gasteiger partial charge in [0.25, 0.3) is 0 Å². The SMILES string of the molecule is CC(=O)Nc1nc(CCc2ccc(NC(OC(N)=O)(OC(=O)NC(C)(C)C)C(C)(C)C)cc2)c(-c2ccccc2)s1. The van der Waals surface area contributed by atoms with E-state index in [-0.39, 0.29) is 5.91 Å². The van der Waals surface area contributed by atoms with Crippen LogP contribution in [0.5, 0.6) is 0 Å². The van der Waals surface area contributed by atoms with Crippen LogP contribution in [-0.2, 0) is 27.1 Å². The Bertz CT molecular complexity index is 1360. The van der Waals surface area contributed by atoms with Crippen molar-refractivity contribution >= 4 is 40.2 Å². The lowest BCUT2D eigenvalue weighted by Crippen LogP contribution is -2.59. The van der Waals surface area contributed by atoms with E-state index < -0.39 is 29.1 Å². The third kappa shape index (κ3) is 8.94. The van der Waals surface area contributed by atoms with Crippen molar-refractivity contribution in [3.63, 3.8) is 0 Å². The summed E-state index contributed by atoms with van der Waals surface area (Å²) in [6.07, 6.45) is -0.520. The third-order valence-corrected chi connectivity index (χ3v) is 6.94. The lowest BCUT2D eigenvalue weighted by atomic mass is 9.90. The van der Waals surface area contributed by atoms with Crippen LogP contribution in [0.4, 0.5) is 20.4 Å². The molecule has 1 heterocycles. The molecule has 1 unspecified atom stereocenters. The van der Waals surface area contributed by atoms with Gasteiger partial charge in [0.1, 0.15) is 0 Å². The molecule has 3 aromatic rings. The van der Waals surface area contributed by atoms with Crippen molar-refractivity contribution in [3.8, 4) is 10.4 Å². The maximum atomic E-state index is 12.7. The van der Waals surface area contributed by atoms with Crippen LogP contribution in [0.15, 0.2) is 54.6 Å². The van der Waals surface area contributed by atoms with Crippen molar-refractivity contribution in [1.29, 1.82) is 0 Å². The van der Waals surface area contributed by atoms with Gasteiger partial charge in [-0.1, -0.05) is 74.6 Å². The van der Waals surface area contributed by atoms with E-state index >= 15 is 0 Å². The Kier molecular flexibility index (Phi) is 9.65. The van der Waals surface area contributed by atoms with Gasteiger partial charge in [-0.15, -0.1) is 0 Å². The highest BCUT2D eigenvalue weighted by Crippen LogP contribution is 2.37. The molecule has 5 N–H and O–H groups in total. The highest BCUT2D eigenvalue weighted by molar-refractivity contribution is 7.19. The van der Waals surface area contributed by atoms with Gasteiger partial charge in [0.05, 0.1) is 16.0 Å². The van der Waals surface area contributed by atoms with Crippen LogP contribution in [0.2, 0.25) is 0 Å². The number of benzene rings is 2. The quantitative estimate of drug-likeness (QED) is 0.217. The molecule has 220 valence electrons. The number of carbonyl (C=O) groups is 3. The van der Waals surface area contributed by atoms with Gasteiger partial charge in [0.2, 0.25) is 5.91 Å². The van der Waals surface area contributed by atoms with Gasteiger partial charge in [-0.2, -0.15) is 0 Å². The maximum Gasteiger partial charge on any atom is 0.412 e. The molecule has 0 aliphatic rings. The number of hydrogen-bond donors (Lipinski definition) is 4. The Hall–Kier alpha value is -4.12. The average Bonchev–Trinajstić information content (AvgIpc) is 3.23. The molecule has 0 saturated carbocycles. The lowest BCUT2D eigenvalue weighted by molar-refractivity contribution is -0.202. The zero-order chi connectivity index (χ0) is 30.4. The van der Waals surface area contributed by atoms with Crippen molar-refractivity contribution in [2.24, 2.45) is 11.1 Å². The fourth-order valence-corrected chi connectivity index (χ4v) is 4.98. The van der Waals surface area contributed by atoms with E-state index in [0.29, 0.717) is 23.7 Å². The highest BCUT2D eigenvalue weighted by atomic mass is 32.1. The molecule has 0 radical (unpaired) electrons. The van der Waals surface area contributed by atoms with Crippen LogP contribution < -0.4 is 21.7 Å². The summed E-state index contributed by atoms with van der Waals surface area (Å²) in [6, 6.07) is 17.4. The average molecular weight is 582 g/mol. The molecule has 0 fully saturated rings. The Morgan fingerprint density at radius 2 is 1.54 bits per heavy atom. The van der Waals surface area contributed by atoms with Crippen molar-refractivity contribution in [2.45, 2.75) is 72.8 Å². The van der Waals surface area contributed by atoms with Crippen LogP contribution in [0.25, 0.3) is 10.4 Å². The van der Waals surface area contributed by atoms with E-state index in [0.717, 1.165) is 21.7 Å². The van der Waals surface area contributed by atoms with Crippen LogP contribution in [0.3, 0.4) is 0 Å². The monoisotopic (exact) mass is 581 g/mol. The van der Waals surface area contributed by atoms with Gasteiger partial charge in [-0.05, 0) is 56.9 Å². The Labute approximate surface area is 245 Å². The molecule has 1 aromatic heterocycles. The fraction of sp³-hybridized carbons (Fsp3) is 0.400. The van der Waals surface area contributed by atoms with Crippen molar-refractivity contribution < 1.29 is 23.9 Å². The summed E-state index contributed by atoms with van der Waals surface area (Å²) in [5.41, 5.74) is 7.44. The molecule has 1 atom stereocenters. The summed E-state index contributed by atoms with van der Waals surface area (Å²) < 4.78 is 11.1. The fourth-order valence-electron chi connectivity index (χ4n) is 3.92. The second-order valence-electron chi connectivity index (χ2n) is 11.7. The molecule has 0 saturated heterocycles. The minimum atomic E-state index is -1.89. The molecule has 11 heteroatoms. The molecule has 0 aliphatic heterocycles. The molecule has 10 nitrogen and oxygen atoms in total. The maximum absolute atomic E-state index is 12.7. The number of nitrogens with one attached hydrogen (secondary N) is 3. The number of amides is 3. The lowest BCUT2D eigenvalue weighted by Gasteiger charge is -2.42. The van der Waals surface area contributed by atoms with Gasteiger partial charge in [0, 0.05) is 18.2 Å². The number of aryl methyl sites for hydroxylation is 2. The molecule has 3 rings (SSSR count). The van der Waals surface area contributed by atoms with Gasteiger partial charge < -0.3 is 31.2 Å². The number of primary amides is 1. The second kappa shape index (κ2) is 12.6. The minimum absolute atomic E-state index is 0.167. The van der Waals surface area contributed by atoms with Crippen LogP contribution >= 0.6 is 11.3 Å². The molecule has 0 aliphatic carbocycles. The summed E-state index contributed by atoms with van der Waals surface area (Å²) >= 11 is 1.45. The van der Waals surface area contributed by atoms with Crippen molar-refractivity contribution in [3.05, 3.63) is 65.9 Å². The minimum Gasteiger partial charge on any atom is -0.387 e.